The minimum atomic E-state index is -0.136. The van der Waals surface area contributed by atoms with Crippen molar-refractivity contribution in [1.82, 2.24) is 4.90 Å². The lowest BCUT2D eigenvalue weighted by atomic mass is 9.92. The van der Waals surface area contributed by atoms with Crippen molar-refractivity contribution in [2.24, 2.45) is 17.1 Å². The van der Waals surface area contributed by atoms with Crippen LogP contribution >= 0.6 is 0 Å². The summed E-state index contributed by atoms with van der Waals surface area (Å²) in [6, 6.07) is 16.8. The molecule has 0 aliphatic heterocycles. The van der Waals surface area contributed by atoms with E-state index in [1.54, 1.807) is 12.1 Å². The highest BCUT2D eigenvalue weighted by molar-refractivity contribution is 6.04. The van der Waals surface area contributed by atoms with Gasteiger partial charge in [-0.1, -0.05) is 44.2 Å². The molecule has 0 saturated heterocycles. The number of benzene rings is 2. The molecule has 2 amide bonds. The van der Waals surface area contributed by atoms with E-state index in [1.165, 1.54) is 0 Å². The van der Waals surface area contributed by atoms with E-state index in [4.69, 9.17) is 5.73 Å². The van der Waals surface area contributed by atoms with Crippen molar-refractivity contribution >= 4 is 17.5 Å². The van der Waals surface area contributed by atoms with Crippen LogP contribution in [0.2, 0.25) is 0 Å². The Labute approximate surface area is 166 Å². The van der Waals surface area contributed by atoms with Crippen LogP contribution < -0.4 is 11.1 Å². The number of nitrogens with zero attached hydrogens (tertiary/aromatic N) is 1. The third kappa shape index (κ3) is 5.42. The van der Waals surface area contributed by atoms with Crippen LogP contribution in [0.3, 0.4) is 0 Å². The molecule has 1 fully saturated rings. The standard InChI is InChI=1S/C23H29N3O2/c1-23(2,15-24)16-26(22(28)19-10-11-19)14-17-8-12-20(13-9-17)25-21(27)18-6-4-3-5-7-18/h3-9,12-13,19H,10-11,14-16,24H2,1-2H3,(H,25,27). The summed E-state index contributed by atoms with van der Waals surface area (Å²) >= 11 is 0. The molecule has 1 aliphatic rings. The van der Waals surface area contributed by atoms with Crippen LogP contribution in [0.4, 0.5) is 5.69 Å². The number of anilines is 1. The molecule has 3 N–H and O–H groups in total. The van der Waals surface area contributed by atoms with Crippen LogP contribution in [0.1, 0.15) is 42.6 Å². The minimum Gasteiger partial charge on any atom is -0.338 e. The molecule has 0 aromatic heterocycles. The summed E-state index contributed by atoms with van der Waals surface area (Å²) in [5.41, 5.74) is 8.16. The van der Waals surface area contributed by atoms with Crippen molar-refractivity contribution in [2.75, 3.05) is 18.4 Å². The molecular formula is C23H29N3O2. The van der Waals surface area contributed by atoms with Gasteiger partial charge in [0.2, 0.25) is 5.91 Å². The number of rotatable bonds is 8. The van der Waals surface area contributed by atoms with Gasteiger partial charge in [0.05, 0.1) is 0 Å². The first-order valence-corrected chi connectivity index (χ1v) is 9.82. The molecule has 28 heavy (non-hydrogen) atoms. The van der Waals surface area contributed by atoms with E-state index in [0.29, 0.717) is 25.2 Å². The predicted octanol–water partition coefficient (Wildman–Crippen LogP) is 3.66. The molecule has 0 unspecified atom stereocenters. The fourth-order valence-electron chi connectivity index (χ4n) is 3.09. The fourth-order valence-corrected chi connectivity index (χ4v) is 3.09. The smallest absolute Gasteiger partial charge is 0.255 e. The Bertz CT molecular complexity index is 812. The number of carbonyl (C=O) groups excluding carboxylic acids is 2. The van der Waals surface area contributed by atoms with Gasteiger partial charge < -0.3 is 16.0 Å². The van der Waals surface area contributed by atoms with Crippen molar-refractivity contribution in [1.29, 1.82) is 0 Å². The van der Waals surface area contributed by atoms with Crippen molar-refractivity contribution in [2.45, 2.75) is 33.2 Å². The van der Waals surface area contributed by atoms with Gasteiger partial charge in [0.1, 0.15) is 0 Å². The summed E-state index contributed by atoms with van der Waals surface area (Å²) in [5.74, 6) is 0.268. The molecule has 0 radical (unpaired) electrons. The third-order valence-corrected chi connectivity index (χ3v) is 5.03. The van der Waals surface area contributed by atoms with Gasteiger partial charge in [0.15, 0.2) is 0 Å². The first-order chi connectivity index (χ1) is 13.4. The Morgan fingerprint density at radius 1 is 1.07 bits per heavy atom. The van der Waals surface area contributed by atoms with Gasteiger partial charge >= 0.3 is 0 Å². The van der Waals surface area contributed by atoms with Crippen LogP contribution in [0, 0.1) is 11.3 Å². The van der Waals surface area contributed by atoms with Crippen LogP contribution in [0.25, 0.3) is 0 Å². The van der Waals surface area contributed by atoms with Crippen LogP contribution in [-0.4, -0.2) is 29.8 Å². The number of carbonyl (C=O) groups is 2. The second-order valence-corrected chi connectivity index (χ2v) is 8.35. The second kappa shape index (κ2) is 8.57. The highest BCUT2D eigenvalue weighted by Gasteiger charge is 2.35. The first kappa shape index (κ1) is 20.1. The summed E-state index contributed by atoms with van der Waals surface area (Å²) in [4.78, 5) is 26.9. The Morgan fingerprint density at radius 2 is 1.71 bits per heavy atom. The zero-order chi connectivity index (χ0) is 20.1. The summed E-state index contributed by atoms with van der Waals surface area (Å²) < 4.78 is 0. The van der Waals surface area contributed by atoms with Crippen molar-refractivity contribution in [3.63, 3.8) is 0 Å². The normalized spacial score (nSPS) is 13.8. The largest absolute Gasteiger partial charge is 0.338 e. The summed E-state index contributed by atoms with van der Waals surface area (Å²) in [7, 11) is 0. The van der Waals surface area contributed by atoms with Crippen LogP contribution in [-0.2, 0) is 11.3 Å². The Balaban J connectivity index is 1.65. The Hall–Kier alpha value is -2.66. The van der Waals surface area contributed by atoms with E-state index in [1.807, 2.05) is 47.4 Å². The number of hydrogen-bond donors (Lipinski definition) is 2. The van der Waals surface area contributed by atoms with Gasteiger partial charge in [-0.2, -0.15) is 0 Å². The molecule has 2 aromatic carbocycles. The van der Waals surface area contributed by atoms with Gasteiger partial charge in [-0.05, 0) is 54.6 Å². The van der Waals surface area contributed by atoms with Gasteiger partial charge in [0.25, 0.3) is 5.91 Å². The number of hydrogen-bond acceptors (Lipinski definition) is 3. The van der Waals surface area contributed by atoms with Crippen molar-refractivity contribution < 1.29 is 9.59 Å². The lowest BCUT2D eigenvalue weighted by molar-refractivity contribution is -0.134. The molecule has 0 spiro atoms. The second-order valence-electron chi connectivity index (χ2n) is 8.35. The lowest BCUT2D eigenvalue weighted by Crippen LogP contribution is -2.42. The summed E-state index contributed by atoms with van der Waals surface area (Å²) in [6.45, 7) is 5.91. The maximum absolute atomic E-state index is 12.7. The molecule has 0 bridgehead atoms. The molecule has 5 nitrogen and oxygen atoms in total. The zero-order valence-corrected chi connectivity index (χ0v) is 16.7. The number of amides is 2. The highest BCUT2D eigenvalue weighted by atomic mass is 16.2. The molecule has 3 rings (SSSR count). The molecule has 148 valence electrons. The zero-order valence-electron chi connectivity index (χ0n) is 16.7. The molecule has 0 heterocycles. The predicted molar refractivity (Wildman–Crippen MR) is 112 cm³/mol. The first-order valence-electron chi connectivity index (χ1n) is 9.82. The highest BCUT2D eigenvalue weighted by Crippen LogP contribution is 2.32. The van der Waals surface area contributed by atoms with E-state index in [-0.39, 0.29) is 23.1 Å². The Morgan fingerprint density at radius 3 is 2.29 bits per heavy atom. The summed E-state index contributed by atoms with van der Waals surface area (Å²) in [6.07, 6.45) is 1.98. The number of nitrogens with one attached hydrogen (secondary N) is 1. The Kier molecular flexibility index (Phi) is 6.15. The lowest BCUT2D eigenvalue weighted by Gasteiger charge is -2.32. The van der Waals surface area contributed by atoms with Gasteiger partial charge in [-0.15, -0.1) is 0 Å². The van der Waals surface area contributed by atoms with Gasteiger partial charge in [0, 0.05) is 30.3 Å². The quantitative estimate of drug-likeness (QED) is 0.735. The average Bonchev–Trinajstić information content (AvgIpc) is 3.54. The van der Waals surface area contributed by atoms with Gasteiger partial charge in [-0.3, -0.25) is 9.59 Å². The molecule has 2 aromatic rings. The van der Waals surface area contributed by atoms with E-state index < -0.39 is 0 Å². The fraction of sp³-hybridized carbons (Fsp3) is 0.391. The molecule has 1 saturated carbocycles. The van der Waals surface area contributed by atoms with Crippen LogP contribution in [0.15, 0.2) is 54.6 Å². The number of nitrogens with two attached hydrogens (primary N) is 1. The van der Waals surface area contributed by atoms with Crippen LogP contribution in [0.5, 0.6) is 0 Å². The molecule has 0 atom stereocenters. The monoisotopic (exact) mass is 379 g/mol. The molecule has 1 aliphatic carbocycles. The average molecular weight is 380 g/mol. The van der Waals surface area contributed by atoms with E-state index >= 15 is 0 Å². The minimum absolute atomic E-state index is 0.117. The van der Waals surface area contributed by atoms with Crippen molar-refractivity contribution in [3.05, 3.63) is 65.7 Å². The maximum Gasteiger partial charge on any atom is 0.255 e. The molecular weight excluding hydrogens is 350 g/mol. The van der Waals surface area contributed by atoms with E-state index in [9.17, 15) is 9.59 Å². The summed E-state index contributed by atoms with van der Waals surface area (Å²) in [5, 5.41) is 2.90. The third-order valence-electron chi connectivity index (χ3n) is 5.03. The van der Waals surface area contributed by atoms with E-state index in [0.717, 1.165) is 24.1 Å². The van der Waals surface area contributed by atoms with Crippen molar-refractivity contribution in [3.8, 4) is 0 Å². The molecule has 5 heteroatoms. The van der Waals surface area contributed by atoms with Gasteiger partial charge in [-0.25, -0.2) is 0 Å². The topological polar surface area (TPSA) is 75.4 Å². The van der Waals surface area contributed by atoms with E-state index in [2.05, 4.69) is 19.2 Å². The maximum atomic E-state index is 12.7. The SMILES string of the molecule is CC(C)(CN)CN(Cc1ccc(NC(=O)c2ccccc2)cc1)C(=O)C1CC1.